The molecule has 0 aromatic carbocycles. The number of alkyl halides is 9. The van der Waals surface area contributed by atoms with Gasteiger partial charge in [0.1, 0.15) is 0 Å². The van der Waals surface area contributed by atoms with Crippen molar-refractivity contribution in [1.82, 2.24) is 0 Å². The number of halogens is 9. The highest BCUT2D eigenvalue weighted by Crippen LogP contribution is 2.71. The summed E-state index contributed by atoms with van der Waals surface area (Å²) in [6, 6.07) is 0. The lowest BCUT2D eigenvalue weighted by molar-refractivity contribution is -0.455. The van der Waals surface area contributed by atoms with Crippen molar-refractivity contribution in [3.63, 3.8) is 0 Å². The third-order valence-electron chi connectivity index (χ3n) is 5.39. The molecule has 0 N–H and O–H groups in total. The second-order valence-electron chi connectivity index (χ2n) is 6.54. The summed E-state index contributed by atoms with van der Waals surface area (Å²) in [5, 5.41) is 0. The Morgan fingerprint density at radius 2 is 1.42 bits per heavy atom. The van der Waals surface area contributed by atoms with E-state index in [1.54, 1.807) is 0 Å². The van der Waals surface area contributed by atoms with E-state index >= 15 is 0 Å². The molecular weight excluding hydrogens is 387 g/mol. The molecule has 2 fully saturated rings. The highest BCUT2D eigenvalue weighted by Gasteiger charge is 2.87. The van der Waals surface area contributed by atoms with Gasteiger partial charge in [0.15, 0.2) is 0 Å². The molecule has 0 aromatic heterocycles. The molecule has 3 aliphatic rings. The molecule has 0 aromatic rings. The fourth-order valence-corrected chi connectivity index (χ4v) is 4.25. The lowest BCUT2D eigenvalue weighted by Crippen LogP contribution is -2.75. The lowest BCUT2D eigenvalue weighted by atomic mass is 9.55. The van der Waals surface area contributed by atoms with Gasteiger partial charge < -0.3 is 9.47 Å². The van der Waals surface area contributed by atoms with Crippen LogP contribution in [0, 0.1) is 23.7 Å². The van der Waals surface area contributed by atoms with Gasteiger partial charge in [-0.2, -0.15) is 26.3 Å². The van der Waals surface area contributed by atoms with Crippen molar-refractivity contribution in [3.8, 4) is 0 Å². The number of methoxy groups -OCH3 is 1. The first-order valence-corrected chi connectivity index (χ1v) is 7.32. The molecule has 3 rings (SSSR count). The number of carbonyl (C=O) groups is 1. The van der Waals surface area contributed by atoms with Gasteiger partial charge >= 0.3 is 24.1 Å². The zero-order valence-corrected chi connectivity index (χ0v) is 12.8. The van der Waals surface area contributed by atoms with Crippen LogP contribution in [0.4, 0.5) is 39.5 Å². The fraction of sp³-hybridized carbons (Fsp3) is 0.786. The third kappa shape index (κ3) is 1.99. The van der Waals surface area contributed by atoms with Gasteiger partial charge in [-0.05, 0) is 18.3 Å². The molecule has 5 atom stereocenters. The molecule has 3 aliphatic carbocycles. The summed E-state index contributed by atoms with van der Waals surface area (Å²) >= 11 is 0. The van der Waals surface area contributed by atoms with Crippen molar-refractivity contribution in [2.75, 3.05) is 7.11 Å². The largest absolute Gasteiger partial charge is 0.465 e. The van der Waals surface area contributed by atoms with Gasteiger partial charge in [0, 0.05) is 18.9 Å². The fourth-order valence-electron chi connectivity index (χ4n) is 4.25. The summed E-state index contributed by atoms with van der Waals surface area (Å²) in [6.07, 6.45) is -10.0. The van der Waals surface area contributed by atoms with Crippen LogP contribution in [-0.2, 0) is 14.3 Å². The third-order valence-corrected chi connectivity index (χ3v) is 5.39. The van der Waals surface area contributed by atoms with E-state index in [0.29, 0.717) is 0 Å². The van der Waals surface area contributed by atoms with Crippen LogP contribution in [0.2, 0.25) is 0 Å². The topological polar surface area (TPSA) is 35.5 Å². The zero-order valence-electron chi connectivity index (χ0n) is 12.8. The number of ether oxygens (including phenoxy) is 2. The van der Waals surface area contributed by atoms with Crippen molar-refractivity contribution >= 4 is 5.97 Å². The van der Waals surface area contributed by atoms with Crippen molar-refractivity contribution in [2.45, 2.75) is 36.2 Å². The summed E-state index contributed by atoms with van der Waals surface area (Å²) in [5.41, 5.74) is -4.30. The second-order valence-corrected chi connectivity index (χ2v) is 6.54. The predicted molar refractivity (Wildman–Crippen MR) is 64.4 cm³/mol. The van der Waals surface area contributed by atoms with Crippen LogP contribution in [0.1, 0.15) is 6.42 Å². The summed E-state index contributed by atoms with van der Waals surface area (Å²) in [6.45, 7) is 0. The molecule has 0 spiro atoms. The van der Waals surface area contributed by atoms with Crippen LogP contribution in [0.5, 0.6) is 0 Å². The molecule has 3 nitrogen and oxygen atoms in total. The first-order valence-electron chi connectivity index (χ1n) is 7.32. The Morgan fingerprint density at radius 1 is 0.962 bits per heavy atom. The average Bonchev–Trinajstić information content (AvgIpc) is 3.08. The van der Waals surface area contributed by atoms with Crippen LogP contribution in [-0.4, -0.2) is 42.8 Å². The number of rotatable bonds is 3. The molecule has 0 saturated heterocycles. The van der Waals surface area contributed by atoms with Gasteiger partial charge in [-0.15, -0.1) is 0 Å². The normalized spacial score (nSPS) is 38.1. The highest BCUT2D eigenvalue weighted by atomic mass is 19.4. The van der Waals surface area contributed by atoms with E-state index in [0.717, 1.165) is 0 Å². The van der Waals surface area contributed by atoms with Crippen LogP contribution in [0.3, 0.4) is 0 Å². The summed E-state index contributed by atoms with van der Waals surface area (Å²) in [4.78, 5) is 11.9. The average molecular weight is 398 g/mol. The molecule has 2 saturated carbocycles. The Balaban J connectivity index is 1.97. The Labute approximate surface area is 140 Å². The minimum absolute atomic E-state index is 0.0395. The minimum atomic E-state index is -6.38. The molecule has 0 amide bonds. The molecule has 26 heavy (non-hydrogen) atoms. The Morgan fingerprint density at radius 3 is 1.85 bits per heavy atom. The van der Waals surface area contributed by atoms with Crippen molar-refractivity contribution in [3.05, 3.63) is 12.2 Å². The second kappa shape index (κ2) is 5.08. The van der Waals surface area contributed by atoms with E-state index in [9.17, 15) is 44.3 Å². The molecule has 148 valence electrons. The Hall–Kier alpha value is -1.46. The number of hydrogen-bond acceptors (Lipinski definition) is 3. The summed E-state index contributed by atoms with van der Waals surface area (Å²) < 4.78 is 127. The van der Waals surface area contributed by atoms with Crippen LogP contribution in [0.25, 0.3) is 0 Å². The molecule has 12 heteroatoms. The van der Waals surface area contributed by atoms with Crippen molar-refractivity contribution < 1.29 is 53.8 Å². The molecule has 0 heterocycles. The molecule has 5 unspecified atom stereocenters. The Bertz CT molecular complexity index is 639. The van der Waals surface area contributed by atoms with Crippen molar-refractivity contribution in [1.29, 1.82) is 0 Å². The number of carbonyl (C=O) groups excluding carboxylic acids is 1. The predicted octanol–water partition coefficient (Wildman–Crippen LogP) is 3.79. The molecular formula is C14H11F9O3. The number of allylic oxidation sites excluding steroid dienone is 2. The zero-order chi connectivity index (χ0) is 19.9. The van der Waals surface area contributed by atoms with E-state index in [1.807, 2.05) is 0 Å². The quantitative estimate of drug-likeness (QED) is 0.314. The summed E-state index contributed by atoms with van der Waals surface area (Å²) in [7, 11) is -0.0822. The van der Waals surface area contributed by atoms with Gasteiger partial charge in [0.2, 0.25) is 0 Å². The van der Waals surface area contributed by atoms with Crippen molar-refractivity contribution in [2.24, 2.45) is 23.7 Å². The van der Waals surface area contributed by atoms with E-state index in [4.69, 9.17) is 0 Å². The van der Waals surface area contributed by atoms with E-state index in [2.05, 4.69) is 9.47 Å². The number of fused-ring (bicyclic) bond motifs is 5. The van der Waals surface area contributed by atoms with Crippen LogP contribution >= 0.6 is 0 Å². The van der Waals surface area contributed by atoms with Gasteiger partial charge in [-0.3, -0.25) is 0 Å². The molecule has 0 radical (unpaired) electrons. The van der Waals surface area contributed by atoms with Gasteiger partial charge in [0.05, 0.1) is 0 Å². The van der Waals surface area contributed by atoms with E-state index in [1.165, 1.54) is 12.2 Å². The van der Waals surface area contributed by atoms with Crippen LogP contribution in [0.15, 0.2) is 12.2 Å². The van der Waals surface area contributed by atoms with Gasteiger partial charge in [-0.1, -0.05) is 12.2 Å². The van der Waals surface area contributed by atoms with Gasteiger partial charge in [0.25, 0.3) is 11.6 Å². The summed E-state index contributed by atoms with van der Waals surface area (Å²) in [5.74, 6) is -18.1. The first kappa shape index (κ1) is 19.3. The smallest absolute Gasteiger partial charge is 0.413 e. The maximum Gasteiger partial charge on any atom is 0.465 e. The number of esters is 1. The standard InChI is InChI=1S/C14H11F9O3/c1-25-12(13(18,19)20,14(21,22)23)26-9(24)10(15)7-5-2-3-6(4-5)8(7)11(10,16)17/h2-3,5-8H,4H2,1H3. The maximum absolute atomic E-state index is 14.9. The first-order chi connectivity index (χ1) is 11.6. The minimum Gasteiger partial charge on any atom is -0.413 e. The van der Waals surface area contributed by atoms with Gasteiger partial charge in [-0.25, -0.2) is 18.0 Å². The molecule has 0 aliphatic heterocycles. The van der Waals surface area contributed by atoms with Crippen LogP contribution < -0.4 is 0 Å². The monoisotopic (exact) mass is 398 g/mol. The van der Waals surface area contributed by atoms with E-state index < -0.39 is 59.4 Å². The highest BCUT2D eigenvalue weighted by molar-refractivity contribution is 5.84. The van der Waals surface area contributed by atoms with E-state index in [-0.39, 0.29) is 13.5 Å². The Kier molecular flexibility index (Phi) is 3.77. The number of hydrogen-bond donors (Lipinski definition) is 0. The maximum atomic E-state index is 14.9. The SMILES string of the molecule is COC(OC(=O)C1(F)C2C3C=CC(C3)C2C1(F)F)(C(F)(F)F)C(F)(F)F. The lowest BCUT2D eigenvalue weighted by Gasteiger charge is -2.55. The molecule has 2 bridgehead atoms.